The van der Waals surface area contributed by atoms with Gasteiger partial charge in [-0.2, -0.15) is 0 Å². The van der Waals surface area contributed by atoms with Gasteiger partial charge in [-0.05, 0) is 43.4 Å². The van der Waals surface area contributed by atoms with Crippen molar-refractivity contribution in [3.05, 3.63) is 29.8 Å². The highest BCUT2D eigenvalue weighted by Crippen LogP contribution is 2.28. The van der Waals surface area contributed by atoms with Gasteiger partial charge in [0, 0.05) is 12.1 Å². The third-order valence-electron chi connectivity index (χ3n) is 4.46. The average Bonchev–Trinajstić information content (AvgIpc) is 2.47. The van der Waals surface area contributed by atoms with Crippen molar-refractivity contribution < 1.29 is 8.42 Å². The Hall–Kier alpha value is -0.910. The molecule has 1 aromatic rings. The van der Waals surface area contributed by atoms with Gasteiger partial charge in [-0.3, -0.25) is 0 Å². The first-order chi connectivity index (χ1) is 9.94. The maximum atomic E-state index is 12.5. The molecule has 118 valence electrons. The fraction of sp³-hybridized carbons (Fsp3) is 0.625. The van der Waals surface area contributed by atoms with Crippen molar-refractivity contribution in [3.63, 3.8) is 0 Å². The van der Waals surface area contributed by atoms with E-state index in [4.69, 9.17) is 5.73 Å². The Kier molecular flexibility index (Phi) is 5.41. The van der Waals surface area contributed by atoms with E-state index in [1.807, 2.05) is 6.92 Å². The topological polar surface area (TPSA) is 72.2 Å². The quantitative estimate of drug-likeness (QED) is 0.878. The highest BCUT2D eigenvalue weighted by molar-refractivity contribution is 7.89. The first-order valence-electron chi connectivity index (χ1n) is 7.82. The minimum atomic E-state index is -3.44. The summed E-state index contributed by atoms with van der Waals surface area (Å²) in [7, 11) is -3.44. The minimum absolute atomic E-state index is 0.0712. The van der Waals surface area contributed by atoms with E-state index in [0.29, 0.717) is 10.8 Å². The maximum Gasteiger partial charge on any atom is 0.240 e. The number of hydrogen-bond acceptors (Lipinski definition) is 3. The number of rotatable bonds is 5. The highest BCUT2D eigenvalue weighted by atomic mass is 32.2. The third-order valence-corrected chi connectivity index (χ3v) is 5.96. The predicted molar refractivity (Wildman–Crippen MR) is 85.4 cm³/mol. The van der Waals surface area contributed by atoms with Gasteiger partial charge in [-0.25, -0.2) is 13.1 Å². The van der Waals surface area contributed by atoms with E-state index in [-0.39, 0.29) is 12.1 Å². The lowest BCUT2D eigenvalue weighted by Crippen LogP contribution is -2.41. The molecule has 1 aromatic carbocycles. The fourth-order valence-corrected chi connectivity index (χ4v) is 4.41. The average molecular weight is 310 g/mol. The van der Waals surface area contributed by atoms with Crippen LogP contribution in [0, 0.1) is 5.92 Å². The summed E-state index contributed by atoms with van der Waals surface area (Å²) in [6.45, 7) is 4.02. The SMILES string of the molecule is CCC1CCCCC1NS(=O)(=O)c1ccc(C(C)N)cc1. The second-order valence-electron chi connectivity index (χ2n) is 6.04. The molecule has 0 bridgehead atoms. The van der Waals surface area contributed by atoms with E-state index in [9.17, 15) is 8.42 Å². The van der Waals surface area contributed by atoms with Crippen LogP contribution in [-0.4, -0.2) is 14.5 Å². The van der Waals surface area contributed by atoms with E-state index >= 15 is 0 Å². The molecule has 0 amide bonds. The zero-order valence-electron chi connectivity index (χ0n) is 12.9. The molecule has 0 aromatic heterocycles. The molecule has 1 saturated carbocycles. The van der Waals surface area contributed by atoms with E-state index in [2.05, 4.69) is 11.6 Å². The van der Waals surface area contributed by atoms with Crippen LogP contribution >= 0.6 is 0 Å². The summed E-state index contributed by atoms with van der Waals surface area (Å²) in [6.07, 6.45) is 5.40. The molecule has 1 aliphatic rings. The zero-order chi connectivity index (χ0) is 15.5. The second-order valence-corrected chi connectivity index (χ2v) is 7.75. The molecule has 21 heavy (non-hydrogen) atoms. The van der Waals surface area contributed by atoms with Crippen molar-refractivity contribution in [2.75, 3.05) is 0 Å². The molecule has 0 spiro atoms. The first kappa shape index (κ1) is 16.5. The summed E-state index contributed by atoms with van der Waals surface area (Å²) >= 11 is 0. The number of nitrogens with two attached hydrogens (primary N) is 1. The van der Waals surface area contributed by atoms with Crippen LogP contribution in [0.1, 0.15) is 57.6 Å². The van der Waals surface area contributed by atoms with Crippen LogP contribution in [0.5, 0.6) is 0 Å². The van der Waals surface area contributed by atoms with Crippen LogP contribution in [0.3, 0.4) is 0 Å². The Bertz CT molecular complexity index is 552. The molecular weight excluding hydrogens is 284 g/mol. The lowest BCUT2D eigenvalue weighted by Gasteiger charge is -2.31. The summed E-state index contributed by atoms with van der Waals surface area (Å²) < 4.78 is 27.9. The Balaban J connectivity index is 2.13. The van der Waals surface area contributed by atoms with Gasteiger partial charge in [-0.15, -0.1) is 0 Å². The standard InChI is InChI=1S/C16H26N2O2S/c1-3-13-6-4-5-7-16(13)18-21(19,20)15-10-8-14(9-11-15)12(2)17/h8-13,16,18H,3-7,17H2,1-2H3. The van der Waals surface area contributed by atoms with Gasteiger partial charge in [0.2, 0.25) is 10.0 Å². The molecule has 5 heteroatoms. The number of benzene rings is 1. The van der Waals surface area contributed by atoms with Crippen molar-refractivity contribution in [1.82, 2.24) is 4.72 Å². The monoisotopic (exact) mass is 310 g/mol. The molecule has 3 atom stereocenters. The zero-order valence-corrected chi connectivity index (χ0v) is 13.7. The van der Waals surface area contributed by atoms with Gasteiger partial charge < -0.3 is 5.73 Å². The van der Waals surface area contributed by atoms with Gasteiger partial charge in [0.05, 0.1) is 4.90 Å². The summed E-state index contributed by atoms with van der Waals surface area (Å²) in [5, 5.41) is 0. The molecular formula is C16H26N2O2S. The van der Waals surface area contributed by atoms with Gasteiger partial charge in [0.25, 0.3) is 0 Å². The third kappa shape index (κ3) is 4.05. The van der Waals surface area contributed by atoms with Crippen molar-refractivity contribution in [1.29, 1.82) is 0 Å². The van der Waals surface area contributed by atoms with Gasteiger partial charge in [-0.1, -0.05) is 38.3 Å². The van der Waals surface area contributed by atoms with Crippen LogP contribution in [-0.2, 0) is 10.0 Å². The molecule has 3 unspecified atom stereocenters. The predicted octanol–water partition coefficient (Wildman–Crippen LogP) is 2.95. The van der Waals surface area contributed by atoms with Crippen molar-refractivity contribution in [3.8, 4) is 0 Å². The maximum absolute atomic E-state index is 12.5. The molecule has 3 N–H and O–H groups in total. The molecule has 2 rings (SSSR count). The molecule has 0 radical (unpaired) electrons. The molecule has 1 aliphatic carbocycles. The summed E-state index contributed by atoms with van der Waals surface area (Å²) in [5.74, 6) is 0.455. The number of nitrogens with one attached hydrogen (secondary N) is 1. The van der Waals surface area contributed by atoms with E-state index in [1.165, 1.54) is 6.42 Å². The highest BCUT2D eigenvalue weighted by Gasteiger charge is 2.28. The van der Waals surface area contributed by atoms with Gasteiger partial charge in [0.15, 0.2) is 0 Å². The Morgan fingerprint density at radius 3 is 2.43 bits per heavy atom. The molecule has 1 fully saturated rings. The Morgan fingerprint density at radius 2 is 1.86 bits per heavy atom. The fourth-order valence-electron chi connectivity index (χ4n) is 3.07. The summed E-state index contributed by atoms with van der Waals surface area (Å²) in [4.78, 5) is 0.326. The van der Waals surface area contributed by atoms with Crippen LogP contribution < -0.4 is 10.5 Å². The first-order valence-corrected chi connectivity index (χ1v) is 9.30. The van der Waals surface area contributed by atoms with Crippen LogP contribution in [0.4, 0.5) is 0 Å². The Labute approximate surface area is 128 Å². The molecule has 0 saturated heterocycles. The van der Waals surface area contributed by atoms with Crippen LogP contribution in [0.25, 0.3) is 0 Å². The molecule has 0 heterocycles. The number of sulfonamides is 1. The van der Waals surface area contributed by atoms with Crippen LogP contribution in [0.15, 0.2) is 29.2 Å². The van der Waals surface area contributed by atoms with E-state index in [1.54, 1.807) is 24.3 Å². The lowest BCUT2D eigenvalue weighted by atomic mass is 9.83. The van der Waals surface area contributed by atoms with Crippen LogP contribution in [0.2, 0.25) is 0 Å². The summed E-state index contributed by atoms with van der Waals surface area (Å²) in [5.41, 5.74) is 6.74. The molecule has 0 aliphatic heterocycles. The smallest absolute Gasteiger partial charge is 0.240 e. The minimum Gasteiger partial charge on any atom is -0.324 e. The van der Waals surface area contributed by atoms with Gasteiger partial charge >= 0.3 is 0 Å². The van der Waals surface area contributed by atoms with Crippen molar-refractivity contribution in [2.45, 2.75) is 62.9 Å². The Morgan fingerprint density at radius 1 is 1.24 bits per heavy atom. The summed E-state index contributed by atoms with van der Waals surface area (Å²) in [6, 6.07) is 6.85. The van der Waals surface area contributed by atoms with E-state index in [0.717, 1.165) is 31.2 Å². The molecule has 4 nitrogen and oxygen atoms in total. The second kappa shape index (κ2) is 6.90. The lowest BCUT2D eigenvalue weighted by molar-refractivity contribution is 0.282. The largest absolute Gasteiger partial charge is 0.324 e. The number of hydrogen-bond donors (Lipinski definition) is 2. The van der Waals surface area contributed by atoms with E-state index < -0.39 is 10.0 Å². The normalized spacial score (nSPS) is 24.7. The van der Waals surface area contributed by atoms with Crippen molar-refractivity contribution in [2.24, 2.45) is 11.7 Å². The van der Waals surface area contributed by atoms with Crippen molar-refractivity contribution >= 4 is 10.0 Å². The van der Waals surface area contributed by atoms with Gasteiger partial charge in [0.1, 0.15) is 0 Å².